The van der Waals surface area contributed by atoms with Gasteiger partial charge in [-0.15, -0.1) is 0 Å². The second kappa shape index (κ2) is 5.01. The second-order valence-corrected chi connectivity index (χ2v) is 3.64. The third-order valence-corrected chi connectivity index (χ3v) is 2.25. The van der Waals surface area contributed by atoms with Crippen LogP contribution < -0.4 is 5.32 Å². The number of hydrogen-bond donors (Lipinski definition) is 1. The molecule has 0 saturated carbocycles. The van der Waals surface area contributed by atoms with Gasteiger partial charge in [0.1, 0.15) is 0 Å². The fourth-order valence-electron chi connectivity index (χ4n) is 0.899. The van der Waals surface area contributed by atoms with Crippen molar-refractivity contribution in [1.29, 1.82) is 0 Å². The summed E-state index contributed by atoms with van der Waals surface area (Å²) in [6, 6.07) is 0.292. The lowest BCUT2D eigenvalue weighted by Crippen LogP contribution is -2.19. The Bertz CT molecular complexity index is 252. The molecule has 0 spiro atoms. The minimum atomic E-state index is -0.414. The third-order valence-electron chi connectivity index (χ3n) is 1.41. The van der Waals surface area contributed by atoms with Crippen LogP contribution in [0.3, 0.4) is 0 Å². The zero-order valence-electron chi connectivity index (χ0n) is 7.62. The van der Waals surface area contributed by atoms with Gasteiger partial charge in [0.2, 0.25) is 5.95 Å². The van der Waals surface area contributed by atoms with Crippen LogP contribution in [-0.2, 0) is 0 Å². The molecule has 0 aliphatic rings. The third kappa shape index (κ3) is 3.59. The van der Waals surface area contributed by atoms with E-state index in [2.05, 4.69) is 15.3 Å². The molecule has 1 N–H and O–H groups in total. The number of anilines is 1. The van der Waals surface area contributed by atoms with E-state index in [-0.39, 0.29) is 0 Å². The molecule has 0 bridgehead atoms. The van der Waals surface area contributed by atoms with Crippen LogP contribution in [0.1, 0.15) is 6.92 Å². The summed E-state index contributed by atoms with van der Waals surface area (Å²) in [5.74, 6) is 1.03. The van der Waals surface area contributed by atoms with Crippen molar-refractivity contribution in [2.75, 3.05) is 17.3 Å². The van der Waals surface area contributed by atoms with E-state index in [9.17, 15) is 4.39 Å². The normalized spacial score (nSPS) is 12.5. The molecule has 1 unspecified atom stereocenters. The highest BCUT2D eigenvalue weighted by Crippen LogP contribution is 2.03. The van der Waals surface area contributed by atoms with E-state index in [4.69, 9.17) is 0 Å². The van der Waals surface area contributed by atoms with Crippen LogP contribution in [0.5, 0.6) is 0 Å². The Hall–Kier alpha value is -0.840. The fraction of sp³-hybridized carbons (Fsp3) is 0.500. The van der Waals surface area contributed by atoms with Gasteiger partial charge < -0.3 is 5.32 Å². The molecule has 0 aliphatic carbocycles. The van der Waals surface area contributed by atoms with E-state index < -0.39 is 5.82 Å². The predicted molar refractivity (Wildman–Crippen MR) is 53.5 cm³/mol. The van der Waals surface area contributed by atoms with Crippen LogP contribution in [0.25, 0.3) is 0 Å². The van der Waals surface area contributed by atoms with Crippen molar-refractivity contribution in [1.82, 2.24) is 9.97 Å². The van der Waals surface area contributed by atoms with Crippen molar-refractivity contribution in [2.24, 2.45) is 0 Å². The molecular formula is C8H12FN3S. The summed E-state index contributed by atoms with van der Waals surface area (Å²) in [7, 11) is 0. The highest BCUT2D eigenvalue weighted by atomic mass is 32.2. The van der Waals surface area contributed by atoms with Gasteiger partial charge >= 0.3 is 0 Å². The van der Waals surface area contributed by atoms with Gasteiger partial charge in [-0.3, -0.25) is 0 Å². The Kier molecular flexibility index (Phi) is 3.95. The Balaban J connectivity index is 2.49. The first kappa shape index (κ1) is 10.2. The van der Waals surface area contributed by atoms with Crippen molar-refractivity contribution in [2.45, 2.75) is 13.0 Å². The first-order chi connectivity index (χ1) is 6.22. The number of nitrogens with zero attached hydrogens (tertiary/aromatic N) is 2. The highest BCUT2D eigenvalue weighted by molar-refractivity contribution is 7.98. The maximum atomic E-state index is 12.4. The molecule has 0 aromatic carbocycles. The molecule has 13 heavy (non-hydrogen) atoms. The summed E-state index contributed by atoms with van der Waals surface area (Å²) in [5.41, 5.74) is 0. The average molecular weight is 201 g/mol. The first-order valence-corrected chi connectivity index (χ1v) is 5.34. The largest absolute Gasteiger partial charge is 0.351 e. The SMILES string of the molecule is CSCC(C)Nc1ncc(F)cn1. The molecule has 0 saturated heterocycles. The Morgan fingerprint density at radius 3 is 2.69 bits per heavy atom. The minimum Gasteiger partial charge on any atom is -0.351 e. The molecule has 1 aromatic rings. The van der Waals surface area contributed by atoms with E-state index in [1.165, 1.54) is 0 Å². The van der Waals surface area contributed by atoms with E-state index >= 15 is 0 Å². The molecule has 0 radical (unpaired) electrons. The van der Waals surface area contributed by atoms with Crippen LogP contribution in [0.4, 0.5) is 10.3 Å². The Morgan fingerprint density at radius 1 is 1.54 bits per heavy atom. The van der Waals surface area contributed by atoms with E-state index in [1.807, 2.05) is 13.2 Å². The van der Waals surface area contributed by atoms with Gasteiger partial charge in [-0.25, -0.2) is 14.4 Å². The highest BCUT2D eigenvalue weighted by Gasteiger charge is 2.02. The first-order valence-electron chi connectivity index (χ1n) is 3.95. The van der Waals surface area contributed by atoms with Crippen LogP contribution in [0, 0.1) is 5.82 Å². The summed E-state index contributed by atoms with van der Waals surface area (Å²) in [4.78, 5) is 7.59. The van der Waals surface area contributed by atoms with E-state index in [0.29, 0.717) is 12.0 Å². The quantitative estimate of drug-likeness (QED) is 0.805. The van der Waals surface area contributed by atoms with E-state index in [1.54, 1.807) is 11.8 Å². The molecule has 72 valence electrons. The number of hydrogen-bond acceptors (Lipinski definition) is 4. The zero-order chi connectivity index (χ0) is 9.68. The molecule has 1 aromatic heterocycles. The molecule has 3 nitrogen and oxygen atoms in total. The van der Waals surface area contributed by atoms with Gasteiger partial charge in [-0.2, -0.15) is 11.8 Å². The number of thioether (sulfide) groups is 1. The second-order valence-electron chi connectivity index (χ2n) is 2.73. The molecule has 1 rings (SSSR count). The van der Waals surface area contributed by atoms with Crippen molar-refractivity contribution in [3.05, 3.63) is 18.2 Å². The van der Waals surface area contributed by atoms with Gasteiger partial charge in [-0.1, -0.05) is 0 Å². The van der Waals surface area contributed by atoms with Crippen molar-refractivity contribution < 1.29 is 4.39 Å². The zero-order valence-corrected chi connectivity index (χ0v) is 8.44. The predicted octanol–water partition coefficient (Wildman–Crippen LogP) is 1.78. The number of aromatic nitrogens is 2. The Labute approximate surface area is 81.2 Å². The summed E-state index contributed by atoms with van der Waals surface area (Å²) in [5, 5.41) is 3.06. The lowest BCUT2D eigenvalue weighted by Gasteiger charge is -2.11. The topological polar surface area (TPSA) is 37.8 Å². The molecule has 1 heterocycles. The standard InChI is InChI=1S/C8H12FN3S/c1-6(5-13-2)12-8-10-3-7(9)4-11-8/h3-4,6H,5H2,1-2H3,(H,10,11,12). The Morgan fingerprint density at radius 2 is 2.15 bits per heavy atom. The van der Waals surface area contributed by atoms with E-state index in [0.717, 1.165) is 18.1 Å². The maximum Gasteiger partial charge on any atom is 0.223 e. The number of rotatable bonds is 4. The van der Waals surface area contributed by atoms with Crippen LogP contribution >= 0.6 is 11.8 Å². The lowest BCUT2D eigenvalue weighted by atomic mass is 10.4. The average Bonchev–Trinajstić information content (AvgIpc) is 2.09. The summed E-state index contributed by atoms with van der Waals surface area (Å²) < 4.78 is 12.4. The smallest absolute Gasteiger partial charge is 0.223 e. The fourth-order valence-corrected chi connectivity index (χ4v) is 1.48. The van der Waals surface area contributed by atoms with Crippen molar-refractivity contribution in [3.63, 3.8) is 0 Å². The number of halogens is 1. The molecule has 1 atom stereocenters. The van der Waals surface area contributed by atoms with Crippen molar-refractivity contribution >= 4 is 17.7 Å². The van der Waals surface area contributed by atoms with Gasteiger partial charge in [-0.05, 0) is 13.2 Å². The van der Waals surface area contributed by atoms with Gasteiger partial charge in [0, 0.05) is 11.8 Å². The van der Waals surface area contributed by atoms with Gasteiger partial charge in [0.25, 0.3) is 0 Å². The monoisotopic (exact) mass is 201 g/mol. The minimum absolute atomic E-state index is 0.292. The van der Waals surface area contributed by atoms with Gasteiger partial charge in [0.15, 0.2) is 5.82 Å². The van der Waals surface area contributed by atoms with Crippen LogP contribution in [-0.4, -0.2) is 28.0 Å². The molecule has 0 amide bonds. The summed E-state index contributed by atoms with van der Waals surface area (Å²) in [6.45, 7) is 2.03. The number of nitrogens with one attached hydrogen (secondary N) is 1. The van der Waals surface area contributed by atoms with Crippen LogP contribution in [0.15, 0.2) is 12.4 Å². The van der Waals surface area contributed by atoms with Crippen molar-refractivity contribution in [3.8, 4) is 0 Å². The van der Waals surface area contributed by atoms with Gasteiger partial charge in [0.05, 0.1) is 12.4 Å². The van der Waals surface area contributed by atoms with Crippen LogP contribution in [0.2, 0.25) is 0 Å². The molecular weight excluding hydrogens is 189 g/mol. The molecule has 0 fully saturated rings. The summed E-state index contributed by atoms with van der Waals surface area (Å²) in [6.07, 6.45) is 4.34. The lowest BCUT2D eigenvalue weighted by molar-refractivity contribution is 0.613. The molecule has 0 aliphatic heterocycles. The molecule has 5 heteroatoms. The maximum absolute atomic E-state index is 12.4. The summed E-state index contributed by atoms with van der Waals surface area (Å²) >= 11 is 1.74.